The van der Waals surface area contributed by atoms with Crippen molar-refractivity contribution in [2.75, 3.05) is 13.7 Å². The Balaban J connectivity index is 1.09. The van der Waals surface area contributed by atoms with E-state index in [4.69, 9.17) is 34.6 Å². The van der Waals surface area contributed by atoms with E-state index in [1.165, 1.54) is 66.1 Å². The smallest absolute Gasteiger partial charge is 0.358 e. The number of pyridine rings is 1. The first-order valence-corrected chi connectivity index (χ1v) is 29.5. The normalized spacial score (nSPS) is 20.2. The van der Waals surface area contributed by atoms with E-state index >= 15 is 0 Å². The molecule has 0 fully saturated rings. The van der Waals surface area contributed by atoms with Crippen molar-refractivity contribution in [1.82, 2.24) is 61.2 Å². The third kappa shape index (κ3) is 11.1. The van der Waals surface area contributed by atoms with Crippen LogP contribution in [0, 0.1) is 0 Å². The molecule has 6 atom stereocenters. The molecule has 11 rings (SSSR count). The summed E-state index contributed by atoms with van der Waals surface area (Å²) in [6.45, 7) is 4.37. The molecule has 6 amide bonds. The molecule has 0 spiro atoms. The van der Waals surface area contributed by atoms with E-state index < -0.39 is 121 Å². The number of amides is 6. The van der Waals surface area contributed by atoms with Crippen LogP contribution in [0.2, 0.25) is 0 Å². The highest BCUT2D eigenvalue weighted by molar-refractivity contribution is 7.14. The number of hydrogen-bond acceptors (Lipinski definition) is 27. The molecular formula is C52H43N13O16S5. The van der Waals surface area contributed by atoms with Crippen LogP contribution in [0.25, 0.3) is 49.3 Å². The number of aliphatic hydroxyl groups excluding tert-OH is 2. The lowest BCUT2D eigenvalue weighted by atomic mass is 10.0. The van der Waals surface area contributed by atoms with Crippen molar-refractivity contribution in [2.45, 2.75) is 63.5 Å². The van der Waals surface area contributed by atoms with Gasteiger partial charge in [0.1, 0.15) is 120 Å². The molecule has 3 unspecified atom stereocenters. The number of nitrogens with zero attached hydrogens (tertiary/aromatic N) is 7. The fraction of sp³-hybridized carbons (Fsp3) is 0.231. The van der Waals surface area contributed by atoms with Gasteiger partial charge in [0.25, 0.3) is 29.5 Å². The average Bonchev–Trinajstić information content (AvgIpc) is 1.82. The first kappa shape index (κ1) is 58.4. The van der Waals surface area contributed by atoms with Crippen molar-refractivity contribution < 1.29 is 77.8 Å². The third-order valence-corrected chi connectivity index (χ3v) is 17.9. The number of nitrogens with two attached hydrogens (primary N) is 1. The molecule has 0 saturated heterocycles. The zero-order valence-electron chi connectivity index (χ0n) is 44.4. The summed E-state index contributed by atoms with van der Waals surface area (Å²) in [5.74, 6) is -8.39. The Bertz CT molecular complexity index is 4200. The van der Waals surface area contributed by atoms with Gasteiger partial charge in [-0.15, -0.1) is 56.7 Å². The highest BCUT2D eigenvalue weighted by atomic mass is 32.1. The largest absolute Gasteiger partial charge is 0.506 e. The van der Waals surface area contributed by atoms with Crippen molar-refractivity contribution in [1.29, 1.82) is 0 Å². The van der Waals surface area contributed by atoms with Crippen molar-refractivity contribution in [3.05, 3.63) is 124 Å². The molecule has 12 bridgehead atoms. The zero-order valence-corrected chi connectivity index (χ0v) is 48.5. The van der Waals surface area contributed by atoms with E-state index in [2.05, 4.69) is 53.1 Å². The van der Waals surface area contributed by atoms with Crippen LogP contribution >= 0.6 is 56.7 Å². The molecule has 11 N–H and O–H groups in total. The molecular weight excluding hydrogens is 1220 g/mol. The van der Waals surface area contributed by atoms with Crippen LogP contribution in [0.3, 0.4) is 0 Å². The van der Waals surface area contributed by atoms with Gasteiger partial charge in [0, 0.05) is 43.4 Å². The maximum atomic E-state index is 14.6. The maximum absolute atomic E-state index is 14.6. The molecule has 7 aromatic heterocycles. The van der Waals surface area contributed by atoms with E-state index in [1.807, 2.05) is 0 Å². The van der Waals surface area contributed by atoms with Gasteiger partial charge in [-0.25, -0.2) is 39.5 Å². The van der Waals surface area contributed by atoms with Crippen LogP contribution in [-0.4, -0.2) is 141 Å². The average molecular weight is 1270 g/mol. The number of primary amides is 1. The number of carbonyl (C=O) groups excluding carboxylic acids is 8. The minimum Gasteiger partial charge on any atom is -0.506 e. The number of nitrogens with one attached hydrogen (secondary N) is 5. The Morgan fingerprint density at radius 2 is 1.49 bits per heavy atom. The van der Waals surface area contributed by atoms with Crippen LogP contribution in [0.5, 0.6) is 5.75 Å². The topological polar surface area (TPSA) is 423 Å². The molecule has 86 heavy (non-hydrogen) atoms. The monoisotopic (exact) mass is 1270 g/mol. The second kappa shape index (κ2) is 23.6. The Hall–Kier alpha value is -9.42. The first-order chi connectivity index (χ1) is 41.2. The van der Waals surface area contributed by atoms with Gasteiger partial charge >= 0.3 is 11.9 Å². The summed E-state index contributed by atoms with van der Waals surface area (Å²) in [6, 6.07) is 1.18. The number of hydrogen-bond donors (Lipinski definition) is 10. The molecule has 10 heterocycles. The number of rotatable bonds is 6. The minimum absolute atomic E-state index is 0.00373. The SMILES string of the molecule is C=C(NC(=O)c1csc(-c2nc3c(cc2O)-c2nc(cs2)C(=O)N[C@@H](C(C)O)C(=O)N/C(=C(\C)OC)c2nc(cs2)C(=O)NC2c4nc(cs4)C(=O)N[C@@H](COC(=O)c4c5c6c(cccc6n4O)COC(=O)[C@@H](O)C2OC5)c2nc-3cs2)n1)C(N)=O. The first-order valence-electron chi connectivity index (χ1n) is 25.1. The number of aromatic hydroxyl groups is 1. The van der Waals surface area contributed by atoms with Gasteiger partial charge in [0.15, 0.2) is 11.8 Å². The summed E-state index contributed by atoms with van der Waals surface area (Å²) in [5.41, 5.74) is 3.51. The van der Waals surface area contributed by atoms with E-state index in [0.717, 1.165) is 56.7 Å². The zero-order chi connectivity index (χ0) is 61.0. The predicted molar refractivity (Wildman–Crippen MR) is 304 cm³/mol. The van der Waals surface area contributed by atoms with E-state index in [9.17, 15) is 58.9 Å². The van der Waals surface area contributed by atoms with Crippen LogP contribution < -0.4 is 32.3 Å². The van der Waals surface area contributed by atoms with Gasteiger partial charge in [-0.2, -0.15) is 4.73 Å². The molecule has 8 aromatic rings. The number of ether oxygens (including phenoxy) is 4. The predicted octanol–water partition coefficient (Wildman–Crippen LogP) is 3.05. The highest BCUT2D eigenvalue weighted by Crippen LogP contribution is 2.42. The summed E-state index contributed by atoms with van der Waals surface area (Å²) in [5, 5.41) is 66.3. The number of thiazole rings is 5. The van der Waals surface area contributed by atoms with Gasteiger partial charge in [-0.3, -0.25) is 28.8 Å². The summed E-state index contributed by atoms with van der Waals surface area (Å²) < 4.78 is 24.0. The highest BCUT2D eigenvalue weighted by Gasteiger charge is 2.42. The Morgan fingerprint density at radius 1 is 0.826 bits per heavy atom. The maximum Gasteiger partial charge on any atom is 0.358 e. The number of aromatic nitrogens is 7. The lowest BCUT2D eigenvalue weighted by Gasteiger charge is -2.30. The molecule has 0 aliphatic carbocycles. The molecule has 1 aromatic carbocycles. The van der Waals surface area contributed by atoms with Gasteiger partial charge in [-0.05, 0) is 31.5 Å². The number of carbonyl (C=O) groups is 8. The van der Waals surface area contributed by atoms with Crippen LogP contribution in [0.1, 0.15) is 105 Å². The fourth-order valence-corrected chi connectivity index (χ4v) is 13.3. The van der Waals surface area contributed by atoms with Gasteiger partial charge < -0.3 is 71.8 Å². The number of esters is 2. The fourth-order valence-electron chi connectivity index (χ4n) is 9.07. The minimum atomic E-state index is -2.20. The summed E-state index contributed by atoms with van der Waals surface area (Å²) in [6.07, 6.45) is -5.56. The number of cyclic esters (lactones) is 2. The van der Waals surface area contributed by atoms with Gasteiger partial charge in [-0.1, -0.05) is 18.7 Å². The molecule has 0 radical (unpaired) electrons. The Morgan fingerprint density at radius 3 is 2.23 bits per heavy atom. The van der Waals surface area contributed by atoms with Crippen molar-refractivity contribution >= 4 is 121 Å². The van der Waals surface area contributed by atoms with Crippen LogP contribution in [0.4, 0.5) is 0 Å². The van der Waals surface area contributed by atoms with Crippen molar-refractivity contribution in [3.8, 4) is 38.4 Å². The number of fused-ring (bicyclic) bond motifs is 15. The van der Waals surface area contributed by atoms with Crippen LogP contribution in [-0.2, 0) is 46.5 Å². The van der Waals surface area contributed by atoms with Crippen molar-refractivity contribution in [2.24, 2.45) is 5.73 Å². The molecule has 3 aliphatic rings. The molecule has 0 saturated carbocycles. The number of benzene rings is 1. The number of aliphatic hydroxyl groups is 2. The Kier molecular flexibility index (Phi) is 16.0. The number of allylic oxidation sites excluding steroid dienone is 1. The molecule has 29 nitrogen and oxygen atoms in total. The summed E-state index contributed by atoms with van der Waals surface area (Å²) in [7, 11) is 1.29. The number of methoxy groups -OCH3 is 1. The lowest BCUT2D eigenvalue weighted by molar-refractivity contribution is -0.166. The van der Waals surface area contributed by atoms with Crippen LogP contribution in [0.15, 0.2) is 69.2 Å². The summed E-state index contributed by atoms with van der Waals surface area (Å²) >= 11 is 4.42. The third-order valence-electron chi connectivity index (χ3n) is 13.5. The Labute approximate surface area is 502 Å². The molecule has 442 valence electrons. The molecule has 3 aliphatic heterocycles. The van der Waals surface area contributed by atoms with Gasteiger partial charge in [0.05, 0.1) is 31.0 Å². The molecule has 34 heteroatoms. The quantitative estimate of drug-likeness (QED) is 0.0495. The van der Waals surface area contributed by atoms with E-state index in [-0.39, 0.29) is 98.4 Å². The summed E-state index contributed by atoms with van der Waals surface area (Å²) in [4.78, 5) is 138. The second-order valence-corrected chi connectivity index (χ2v) is 23.3. The van der Waals surface area contributed by atoms with E-state index in [1.54, 1.807) is 6.07 Å². The lowest BCUT2D eigenvalue weighted by Crippen LogP contribution is -2.52. The van der Waals surface area contributed by atoms with E-state index in [0.29, 0.717) is 10.3 Å². The van der Waals surface area contributed by atoms with Gasteiger partial charge in [0.2, 0.25) is 5.91 Å². The standard InChI is InChI=1S/C52H43N13O16S5/c1-17(40(53)69)54-41(70)25-14-85-49(59-25)35-30(67)8-21-34(61-35)24-12-83-47(56-24)23-11-81-51(75)37-22-10-79-39(38(68)52(76)80-9-20-6-5-7-29(31(20)22)65(37)77)36(50-60-26(15-86-50)42(71)55-23)64-44(73)28-16-84-48(58-28)33(19(3)78-4)63-45(74)32(18(2)66)62-43(72)27-13-82-46(21)57-27/h5-8,12-16,18,23,32,36,38-39,66-68,77H,1,9-11H2,2-4H3,(H2,53,69)(H,54,70)(H,55,71)(H,62,72)(H,63,74)(H,64,73)/b33-19+/t18?,23-,32-,36?,38-,39?/m0/s1. The second-order valence-electron chi connectivity index (χ2n) is 19.0. The van der Waals surface area contributed by atoms with Crippen molar-refractivity contribution in [3.63, 3.8) is 0 Å².